The van der Waals surface area contributed by atoms with Gasteiger partial charge in [-0.25, -0.2) is 9.97 Å². The van der Waals surface area contributed by atoms with E-state index >= 15 is 0 Å². The monoisotopic (exact) mass is 512 g/mol. The molecular weight excluding hydrogens is 484 g/mol. The second-order valence-electron chi connectivity index (χ2n) is 9.31. The molecule has 0 aliphatic carbocycles. The average Bonchev–Trinajstić information content (AvgIpc) is 3.34. The normalized spacial score (nSPS) is 15.5. The van der Waals surface area contributed by atoms with Gasteiger partial charge in [-0.05, 0) is 62.0 Å². The molecule has 1 unspecified atom stereocenters. The van der Waals surface area contributed by atoms with Crippen LogP contribution in [0.5, 0.6) is 0 Å². The Morgan fingerprint density at radius 1 is 1.19 bits per heavy atom. The molecule has 37 heavy (non-hydrogen) atoms. The average molecular weight is 513 g/mol. The molecule has 2 N–H and O–H groups in total. The van der Waals surface area contributed by atoms with Crippen LogP contribution in [0.2, 0.25) is 5.02 Å². The molecule has 1 atom stereocenters. The van der Waals surface area contributed by atoms with Gasteiger partial charge in [-0.3, -0.25) is 4.79 Å². The fraction of sp³-hybridized carbons (Fsp3) is 0.207. The van der Waals surface area contributed by atoms with E-state index in [1.54, 1.807) is 6.20 Å². The molecule has 3 aromatic carbocycles. The van der Waals surface area contributed by atoms with Gasteiger partial charge in [-0.15, -0.1) is 0 Å². The Hall–Kier alpha value is -3.94. The zero-order valence-corrected chi connectivity index (χ0v) is 21.7. The number of rotatable bonds is 7. The lowest BCUT2D eigenvalue weighted by Gasteiger charge is -2.29. The van der Waals surface area contributed by atoms with Crippen molar-refractivity contribution in [3.63, 3.8) is 0 Å². The van der Waals surface area contributed by atoms with Crippen LogP contribution < -0.4 is 15.5 Å². The van der Waals surface area contributed by atoms with Crippen LogP contribution in [-0.2, 0) is 4.79 Å². The number of amides is 1. The second kappa shape index (κ2) is 10.6. The van der Waals surface area contributed by atoms with Crippen LogP contribution >= 0.6 is 11.6 Å². The zero-order valence-electron chi connectivity index (χ0n) is 20.9. The lowest BCUT2D eigenvalue weighted by Crippen LogP contribution is -2.34. The number of para-hydroxylation sites is 1. The summed E-state index contributed by atoms with van der Waals surface area (Å²) < 4.78 is 0. The molecule has 2 heterocycles. The van der Waals surface area contributed by atoms with E-state index < -0.39 is 0 Å². The Labute approximate surface area is 221 Å². The molecule has 8 heteroatoms. The van der Waals surface area contributed by atoms with Gasteiger partial charge in [0.05, 0.1) is 16.9 Å². The molecule has 1 saturated heterocycles. The number of carbonyl (C=O) groups is 1. The summed E-state index contributed by atoms with van der Waals surface area (Å²) in [6, 6.07) is 20.0. The minimum absolute atomic E-state index is 0.261. The highest BCUT2D eigenvalue weighted by Gasteiger charge is 2.25. The van der Waals surface area contributed by atoms with E-state index in [1.807, 2.05) is 60.7 Å². The number of hydrogen-bond acceptors (Lipinski definition) is 6. The number of nitrogens with one attached hydrogen (secondary N) is 2. The number of fused-ring (bicyclic) bond motifs is 1. The number of likely N-dealkylation sites (tertiary alicyclic amines) is 1. The van der Waals surface area contributed by atoms with Crippen LogP contribution in [0.4, 0.5) is 23.0 Å². The molecule has 1 fully saturated rings. The van der Waals surface area contributed by atoms with Gasteiger partial charge < -0.3 is 20.4 Å². The highest BCUT2D eigenvalue weighted by molar-refractivity contribution is 6.30. The van der Waals surface area contributed by atoms with Crippen LogP contribution in [0.25, 0.3) is 22.0 Å². The van der Waals surface area contributed by atoms with Gasteiger partial charge in [0.2, 0.25) is 11.9 Å². The molecule has 0 bridgehead atoms. The van der Waals surface area contributed by atoms with Gasteiger partial charge in [0.1, 0.15) is 0 Å². The Morgan fingerprint density at radius 3 is 2.78 bits per heavy atom. The quantitative estimate of drug-likeness (QED) is 0.298. The van der Waals surface area contributed by atoms with E-state index in [0.717, 1.165) is 52.9 Å². The third kappa shape index (κ3) is 5.43. The number of anilines is 4. The summed E-state index contributed by atoms with van der Waals surface area (Å²) in [4.78, 5) is 26.1. The van der Waals surface area contributed by atoms with Crippen molar-refractivity contribution in [3.05, 3.63) is 84.5 Å². The van der Waals surface area contributed by atoms with Crippen molar-refractivity contribution in [1.29, 1.82) is 0 Å². The topological polar surface area (TPSA) is 73.4 Å². The van der Waals surface area contributed by atoms with Crippen molar-refractivity contribution in [2.45, 2.75) is 12.5 Å². The molecule has 1 aromatic heterocycles. The van der Waals surface area contributed by atoms with Crippen molar-refractivity contribution in [2.24, 2.45) is 0 Å². The first-order valence-corrected chi connectivity index (χ1v) is 12.6. The summed E-state index contributed by atoms with van der Waals surface area (Å²) in [6.45, 7) is 5.63. The highest BCUT2D eigenvalue weighted by Crippen LogP contribution is 2.33. The van der Waals surface area contributed by atoms with Crippen molar-refractivity contribution in [1.82, 2.24) is 14.9 Å². The summed E-state index contributed by atoms with van der Waals surface area (Å²) in [5.41, 5.74) is 5.20. The summed E-state index contributed by atoms with van der Waals surface area (Å²) in [7, 11) is 4.20. The predicted molar refractivity (Wildman–Crippen MR) is 153 cm³/mol. The number of hydrogen-bond donors (Lipinski definition) is 2. The van der Waals surface area contributed by atoms with E-state index in [2.05, 4.69) is 46.1 Å². The number of benzene rings is 3. The molecule has 5 rings (SSSR count). The number of nitrogens with zero attached hydrogens (tertiary/aromatic N) is 4. The molecule has 0 saturated carbocycles. The fourth-order valence-electron chi connectivity index (χ4n) is 4.76. The van der Waals surface area contributed by atoms with Gasteiger partial charge in [-0.2, -0.15) is 0 Å². The molecular formula is C29H29ClN6O. The van der Waals surface area contributed by atoms with Crippen LogP contribution in [0.1, 0.15) is 6.42 Å². The Kier molecular flexibility index (Phi) is 7.08. The van der Waals surface area contributed by atoms with Crippen molar-refractivity contribution < 1.29 is 4.79 Å². The molecule has 7 nitrogen and oxygen atoms in total. The van der Waals surface area contributed by atoms with Crippen LogP contribution in [0, 0.1) is 0 Å². The van der Waals surface area contributed by atoms with Gasteiger partial charge in [-0.1, -0.05) is 48.5 Å². The van der Waals surface area contributed by atoms with Gasteiger partial charge in [0.25, 0.3) is 0 Å². The van der Waals surface area contributed by atoms with Gasteiger partial charge in [0.15, 0.2) is 0 Å². The van der Waals surface area contributed by atoms with Gasteiger partial charge >= 0.3 is 0 Å². The number of likely N-dealkylation sites (N-methyl/N-ethyl adjacent to an activating group) is 2. The van der Waals surface area contributed by atoms with Crippen molar-refractivity contribution >= 4 is 51.4 Å². The lowest BCUT2D eigenvalue weighted by molar-refractivity contribution is -0.111. The Balaban J connectivity index is 1.48. The van der Waals surface area contributed by atoms with Crippen LogP contribution in [-0.4, -0.2) is 54.0 Å². The van der Waals surface area contributed by atoms with E-state index in [0.29, 0.717) is 22.7 Å². The molecule has 1 amide bonds. The van der Waals surface area contributed by atoms with Crippen molar-refractivity contribution in [2.75, 3.05) is 42.7 Å². The SMILES string of the molecule is C=CC(=O)Nc1cc(Nc2ncc3cccc(-c4cccc(Cl)c4)c3n2)ccc1N(C)C1CCN(C)C1. The molecule has 1 aliphatic heterocycles. The fourth-order valence-corrected chi connectivity index (χ4v) is 4.95. The summed E-state index contributed by atoms with van der Waals surface area (Å²) in [6.07, 6.45) is 4.15. The summed E-state index contributed by atoms with van der Waals surface area (Å²) in [5, 5.41) is 7.87. The lowest BCUT2D eigenvalue weighted by atomic mass is 10.0. The Morgan fingerprint density at radius 2 is 2.03 bits per heavy atom. The van der Waals surface area contributed by atoms with E-state index in [9.17, 15) is 4.79 Å². The number of aromatic nitrogens is 2. The van der Waals surface area contributed by atoms with E-state index in [4.69, 9.17) is 16.6 Å². The molecule has 0 radical (unpaired) electrons. The largest absolute Gasteiger partial charge is 0.369 e. The smallest absolute Gasteiger partial charge is 0.247 e. The molecule has 1 aliphatic rings. The maximum atomic E-state index is 12.2. The minimum Gasteiger partial charge on any atom is -0.369 e. The Bertz CT molecular complexity index is 1470. The summed E-state index contributed by atoms with van der Waals surface area (Å²) >= 11 is 6.24. The van der Waals surface area contributed by atoms with Crippen LogP contribution in [0.3, 0.4) is 0 Å². The third-order valence-corrected chi connectivity index (χ3v) is 6.97. The minimum atomic E-state index is -0.261. The highest BCUT2D eigenvalue weighted by atomic mass is 35.5. The standard InChI is InChI=1S/C29H29ClN6O/c1-4-27(37)33-25-16-22(11-12-26(25)36(3)23-13-14-35(2)18-23)32-29-31-17-20-8-6-10-24(28(20)34-29)19-7-5-9-21(30)15-19/h4-12,15-17,23H,1,13-14,18H2,2-3H3,(H,33,37)(H,31,32,34). The predicted octanol–water partition coefficient (Wildman–Crippen LogP) is 5.96. The first-order chi connectivity index (χ1) is 17.9. The third-order valence-electron chi connectivity index (χ3n) is 6.74. The maximum absolute atomic E-state index is 12.2. The van der Waals surface area contributed by atoms with E-state index in [-0.39, 0.29) is 5.91 Å². The van der Waals surface area contributed by atoms with Crippen LogP contribution in [0.15, 0.2) is 79.5 Å². The zero-order chi connectivity index (χ0) is 25.9. The molecule has 0 spiro atoms. The number of halogens is 1. The first-order valence-electron chi connectivity index (χ1n) is 12.2. The first kappa shape index (κ1) is 24.7. The van der Waals surface area contributed by atoms with E-state index in [1.165, 1.54) is 6.08 Å². The van der Waals surface area contributed by atoms with Gasteiger partial charge in [0, 0.05) is 47.5 Å². The number of carbonyl (C=O) groups excluding carboxylic acids is 1. The second-order valence-corrected chi connectivity index (χ2v) is 9.75. The molecule has 4 aromatic rings. The maximum Gasteiger partial charge on any atom is 0.247 e. The summed E-state index contributed by atoms with van der Waals surface area (Å²) in [5.74, 6) is 0.199. The molecule has 188 valence electrons. The van der Waals surface area contributed by atoms with Crippen molar-refractivity contribution in [3.8, 4) is 11.1 Å².